The van der Waals surface area contributed by atoms with Crippen molar-refractivity contribution in [2.75, 3.05) is 0 Å². The van der Waals surface area contributed by atoms with Crippen molar-refractivity contribution < 1.29 is 8.83 Å². The third-order valence-corrected chi connectivity index (χ3v) is 1.81. The van der Waals surface area contributed by atoms with E-state index in [1.807, 2.05) is 0 Å². The summed E-state index contributed by atoms with van der Waals surface area (Å²) in [5.74, 6) is 0. The van der Waals surface area contributed by atoms with Crippen molar-refractivity contribution in [2.24, 2.45) is 0 Å². The van der Waals surface area contributed by atoms with E-state index >= 15 is 0 Å². The first-order valence-corrected chi connectivity index (χ1v) is 6.01. The van der Waals surface area contributed by atoms with Crippen LogP contribution < -0.4 is 5.56 Å². The van der Waals surface area contributed by atoms with E-state index in [1.54, 1.807) is 36.5 Å². The Morgan fingerprint density at radius 2 is 1.52 bits per heavy atom. The summed E-state index contributed by atoms with van der Waals surface area (Å²) in [7, 11) is 0. The maximum atomic E-state index is 11.3. The Morgan fingerprint density at radius 1 is 0.810 bits per heavy atom. The molecule has 0 amide bonds. The molecule has 1 aromatic heterocycles. The molecule has 0 saturated carbocycles. The van der Waals surface area contributed by atoms with Crippen molar-refractivity contribution in [2.45, 2.75) is 0 Å². The second-order valence-corrected chi connectivity index (χ2v) is 3.33. The largest absolute Gasteiger partial charge is 0.468 e. The van der Waals surface area contributed by atoms with Gasteiger partial charge < -0.3 is 13.8 Å². The molecular formula is C15H15N3O3. The van der Waals surface area contributed by atoms with E-state index in [4.69, 9.17) is 8.83 Å². The van der Waals surface area contributed by atoms with E-state index in [-0.39, 0.29) is 5.56 Å². The highest BCUT2D eigenvalue weighted by molar-refractivity contribution is 4.92. The fourth-order valence-electron chi connectivity index (χ4n) is 0.979. The Hall–Kier alpha value is -3.15. The lowest BCUT2D eigenvalue weighted by atomic mass is 10.5. The fourth-order valence-corrected chi connectivity index (χ4v) is 0.979. The quantitative estimate of drug-likeness (QED) is 0.792. The number of H-pyrrole nitrogens is 1. The van der Waals surface area contributed by atoms with Crippen LogP contribution in [0.4, 0.5) is 0 Å². The first-order chi connectivity index (χ1) is 10.4. The van der Waals surface area contributed by atoms with Gasteiger partial charge in [-0.1, -0.05) is 24.3 Å². The lowest BCUT2D eigenvalue weighted by Crippen LogP contribution is -1.96. The summed E-state index contributed by atoms with van der Waals surface area (Å²) in [5.41, 5.74) is -0.265. The van der Waals surface area contributed by atoms with Crippen molar-refractivity contribution in [1.82, 2.24) is 15.0 Å². The van der Waals surface area contributed by atoms with E-state index in [1.165, 1.54) is 49.8 Å². The molecule has 6 heteroatoms. The first kappa shape index (κ1) is 15.9. The molecular weight excluding hydrogens is 270 g/mol. The summed E-state index contributed by atoms with van der Waals surface area (Å²) in [5, 5.41) is 0. The van der Waals surface area contributed by atoms with Crippen LogP contribution in [0.3, 0.4) is 0 Å². The van der Waals surface area contributed by atoms with Gasteiger partial charge in [-0.15, -0.1) is 0 Å². The molecule has 0 bridgehead atoms. The molecule has 0 fully saturated rings. The predicted octanol–water partition coefficient (Wildman–Crippen LogP) is 2.85. The van der Waals surface area contributed by atoms with E-state index in [2.05, 4.69) is 15.0 Å². The van der Waals surface area contributed by atoms with Crippen LogP contribution in [0.2, 0.25) is 0 Å². The molecule has 0 atom stereocenters. The number of hydrogen-bond donors (Lipinski definition) is 1. The van der Waals surface area contributed by atoms with Crippen LogP contribution in [0.25, 0.3) is 0 Å². The number of nitrogens with one attached hydrogen (secondary N) is 1. The highest BCUT2D eigenvalue weighted by atomic mass is 16.4. The van der Waals surface area contributed by atoms with Crippen molar-refractivity contribution in [1.29, 1.82) is 0 Å². The van der Waals surface area contributed by atoms with Gasteiger partial charge in [0.2, 0.25) is 5.56 Å². The molecule has 0 aliphatic heterocycles. The molecule has 1 rings (SSSR count). The van der Waals surface area contributed by atoms with Gasteiger partial charge in [0.15, 0.2) is 0 Å². The van der Waals surface area contributed by atoms with E-state index in [9.17, 15) is 4.79 Å². The van der Waals surface area contributed by atoms with Crippen LogP contribution >= 0.6 is 0 Å². The van der Waals surface area contributed by atoms with Gasteiger partial charge in [-0.2, -0.15) is 0 Å². The van der Waals surface area contributed by atoms with Gasteiger partial charge in [0, 0.05) is 18.5 Å². The molecule has 6 nitrogen and oxygen atoms in total. The normalized spacial score (nSPS) is 8.19. The minimum Gasteiger partial charge on any atom is -0.468 e. The summed E-state index contributed by atoms with van der Waals surface area (Å²) in [6.45, 7) is 0. The molecule has 0 aliphatic rings. The van der Waals surface area contributed by atoms with E-state index in [0.29, 0.717) is 0 Å². The molecule has 0 aromatic carbocycles. The van der Waals surface area contributed by atoms with Crippen LogP contribution in [-0.2, 0) is 0 Å². The monoisotopic (exact) mass is 285 g/mol. The zero-order valence-corrected chi connectivity index (χ0v) is 11.2. The van der Waals surface area contributed by atoms with Crippen LogP contribution in [-0.4, -0.2) is 15.0 Å². The van der Waals surface area contributed by atoms with E-state index in [0.717, 1.165) is 0 Å². The van der Waals surface area contributed by atoms with Crippen molar-refractivity contribution in [3.8, 4) is 0 Å². The zero-order chi connectivity index (χ0) is 15.0. The van der Waals surface area contributed by atoms with Crippen LogP contribution in [0.5, 0.6) is 0 Å². The smallest absolute Gasteiger partial charge is 0.247 e. The Labute approximate surface area is 121 Å². The van der Waals surface area contributed by atoms with Gasteiger partial charge in [0.05, 0.1) is 6.20 Å². The number of aromatic nitrogens is 3. The standard InChI is InChI=1S/C15H15N3O3/c19-15-6-4-2-1-3-5-7-16-14-17-8-10-20-12-13-21-11-9-18-15/h1-14H,(H,18,19). The molecule has 0 saturated heterocycles. The van der Waals surface area contributed by atoms with Crippen molar-refractivity contribution in [3.63, 3.8) is 0 Å². The van der Waals surface area contributed by atoms with Crippen LogP contribution in [0.15, 0.2) is 100.0 Å². The van der Waals surface area contributed by atoms with Gasteiger partial charge in [0.25, 0.3) is 0 Å². The van der Waals surface area contributed by atoms with Gasteiger partial charge >= 0.3 is 0 Å². The average molecular weight is 285 g/mol. The first-order valence-electron chi connectivity index (χ1n) is 6.01. The van der Waals surface area contributed by atoms with Gasteiger partial charge in [-0.05, 0) is 6.07 Å². The number of aromatic amines is 1. The van der Waals surface area contributed by atoms with E-state index < -0.39 is 0 Å². The number of rotatable bonds is 0. The lowest BCUT2D eigenvalue weighted by Gasteiger charge is -1.73. The Bertz CT molecular complexity index is 620. The Kier molecular flexibility index (Phi) is 9.02. The molecule has 1 N–H and O–H groups in total. The molecule has 0 unspecified atom stereocenters. The predicted molar refractivity (Wildman–Crippen MR) is 77.7 cm³/mol. The SMILES string of the molecule is O=c1cccccccncnccoccocc[nH]1. The fraction of sp³-hybridized carbons (Fsp3) is 0. The third-order valence-electron chi connectivity index (χ3n) is 1.81. The Morgan fingerprint density at radius 3 is 2.43 bits per heavy atom. The number of hydrogen-bond acceptors (Lipinski definition) is 5. The molecule has 0 spiro atoms. The summed E-state index contributed by atoms with van der Waals surface area (Å²) < 4.78 is 9.85. The zero-order valence-electron chi connectivity index (χ0n) is 11.2. The highest BCUT2D eigenvalue weighted by Gasteiger charge is 1.67. The second kappa shape index (κ2) is 11.9. The second-order valence-electron chi connectivity index (χ2n) is 3.33. The lowest BCUT2D eigenvalue weighted by molar-refractivity contribution is 0.495. The summed E-state index contributed by atoms with van der Waals surface area (Å²) in [4.78, 5) is 21.5. The molecule has 108 valence electrons. The van der Waals surface area contributed by atoms with Gasteiger partial charge in [0.1, 0.15) is 31.4 Å². The maximum absolute atomic E-state index is 11.3. The topological polar surface area (TPSA) is 84.9 Å². The minimum absolute atomic E-state index is 0.265. The van der Waals surface area contributed by atoms with Gasteiger partial charge in [-0.25, -0.2) is 9.97 Å². The molecule has 0 radical (unpaired) electrons. The van der Waals surface area contributed by atoms with Crippen molar-refractivity contribution >= 4 is 0 Å². The maximum Gasteiger partial charge on any atom is 0.247 e. The van der Waals surface area contributed by atoms with Crippen LogP contribution in [0, 0.1) is 0 Å². The van der Waals surface area contributed by atoms with Crippen LogP contribution in [0.1, 0.15) is 0 Å². The molecule has 0 aliphatic carbocycles. The molecule has 1 aromatic rings. The molecule has 1 heterocycles. The minimum atomic E-state index is -0.265. The third kappa shape index (κ3) is 10.5. The number of nitrogens with zero attached hydrogens (tertiary/aromatic N) is 2. The summed E-state index contributed by atoms with van der Waals surface area (Å²) >= 11 is 0. The summed E-state index contributed by atoms with van der Waals surface area (Å²) in [6.07, 6.45) is 11.0. The van der Waals surface area contributed by atoms with Gasteiger partial charge in [-0.3, -0.25) is 4.79 Å². The van der Waals surface area contributed by atoms with Crippen molar-refractivity contribution in [3.05, 3.63) is 96.7 Å². The molecule has 21 heavy (non-hydrogen) atoms. The highest BCUT2D eigenvalue weighted by Crippen LogP contribution is 1.75. The average Bonchev–Trinajstić information content (AvgIpc) is 2.48. The summed E-state index contributed by atoms with van der Waals surface area (Å²) in [6, 6.07) is 10.00. The Balaban J connectivity index is 3.13.